The summed E-state index contributed by atoms with van der Waals surface area (Å²) < 4.78 is 11.1. The molecule has 23 heavy (non-hydrogen) atoms. The van der Waals surface area contributed by atoms with Gasteiger partial charge in [-0.1, -0.05) is 11.6 Å². The van der Waals surface area contributed by atoms with Gasteiger partial charge < -0.3 is 14.8 Å². The number of nitrogens with one attached hydrogen (secondary N) is 1. The summed E-state index contributed by atoms with van der Waals surface area (Å²) >= 11 is 7.91. The molecule has 0 unspecified atom stereocenters. The molecule has 0 bridgehead atoms. The van der Waals surface area contributed by atoms with Crippen LogP contribution in [0, 0.1) is 3.57 Å². The highest BCUT2D eigenvalue weighted by molar-refractivity contribution is 14.1. The molecule has 0 spiro atoms. The molecule has 2 aromatic rings. The predicted octanol–water partition coefficient (Wildman–Crippen LogP) is 3.51. The highest BCUT2D eigenvalue weighted by Gasteiger charge is 2.09. The van der Waals surface area contributed by atoms with E-state index in [-0.39, 0.29) is 13.2 Å². The molecule has 0 fully saturated rings. The molecule has 0 atom stereocenters. The third kappa shape index (κ3) is 6.45. The Morgan fingerprint density at radius 2 is 1.65 bits per heavy atom. The van der Waals surface area contributed by atoms with Gasteiger partial charge in [-0.05, 0) is 71.1 Å². The molecular formula is C16H13ClINO4. The predicted molar refractivity (Wildman–Crippen MR) is 95.7 cm³/mol. The molecule has 2 rings (SSSR count). The van der Waals surface area contributed by atoms with Crippen LogP contribution in [0.1, 0.15) is 0 Å². The van der Waals surface area contributed by atoms with Crippen LogP contribution in [0.2, 0.25) is 5.02 Å². The van der Waals surface area contributed by atoms with Crippen molar-refractivity contribution in [2.75, 3.05) is 18.5 Å². The quantitative estimate of drug-likeness (QED) is 0.546. The molecule has 0 aliphatic heterocycles. The molecule has 7 heteroatoms. The Kier molecular flexibility index (Phi) is 6.66. The summed E-state index contributed by atoms with van der Waals surface area (Å²) in [5.74, 6) is -0.543. The van der Waals surface area contributed by atoms with Crippen LogP contribution >= 0.6 is 34.2 Å². The first-order valence-electron chi connectivity index (χ1n) is 6.62. The molecule has 5 nitrogen and oxygen atoms in total. The first kappa shape index (κ1) is 17.6. The average Bonchev–Trinajstić information content (AvgIpc) is 2.54. The zero-order chi connectivity index (χ0) is 16.7. The Labute approximate surface area is 152 Å². The second-order valence-corrected chi connectivity index (χ2v) is 6.14. The Balaban J connectivity index is 1.70. The highest BCUT2D eigenvalue weighted by atomic mass is 127. The number of carbonyl (C=O) groups is 2. The van der Waals surface area contributed by atoms with Crippen LogP contribution in [0.3, 0.4) is 0 Å². The van der Waals surface area contributed by atoms with Crippen molar-refractivity contribution in [2.24, 2.45) is 0 Å². The maximum absolute atomic E-state index is 11.7. The van der Waals surface area contributed by atoms with E-state index in [1.54, 1.807) is 36.4 Å². The summed E-state index contributed by atoms with van der Waals surface area (Å²) in [5.41, 5.74) is 0.642. The van der Waals surface area contributed by atoms with Crippen LogP contribution in [0.25, 0.3) is 0 Å². The molecule has 0 saturated heterocycles. The third-order valence-corrected chi connectivity index (χ3v) is 3.63. The number of amides is 1. The standard InChI is InChI=1S/C16H13ClINO4/c17-11-1-7-14(8-2-11)22-10-16(21)23-9-15(20)19-13-5-3-12(18)4-6-13/h1-8H,9-10H2,(H,19,20). The monoisotopic (exact) mass is 445 g/mol. The first-order chi connectivity index (χ1) is 11.0. The SMILES string of the molecule is O=C(COC(=O)COc1ccc(Cl)cc1)Nc1ccc(I)cc1. The fourth-order valence-electron chi connectivity index (χ4n) is 1.59. The number of halogens is 2. The molecule has 0 radical (unpaired) electrons. The number of hydrogen-bond donors (Lipinski definition) is 1. The number of hydrogen-bond acceptors (Lipinski definition) is 4. The molecule has 0 aliphatic carbocycles. The lowest BCUT2D eigenvalue weighted by atomic mass is 10.3. The van der Waals surface area contributed by atoms with E-state index in [9.17, 15) is 9.59 Å². The summed E-state index contributed by atoms with van der Waals surface area (Å²) in [5, 5.41) is 3.21. The fourth-order valence-corrected chi connectivity index (χ4v) is 2.08. The maximum atomic E-state index is 11.7. The molecule has 0 aromatic heterocycles. The van der Waals surface area contributed by atoms with Gasteiger partial charge >= 0.3 is 5.97 Å². The lowest BCUT2D eigenvalue weighted by Crippen LogP contribution is -2.23. The molecule has 0 aliphatic rings. The molecule has 2 aromatic carbocycles. The van der Waals surface area contributed by atoms with Crippen molar-refractivity contribution < 1.29 is 19.1 Å². The van der Waals surface area contributed by atoms with Gasteiger partial charge in [0.1, 0.15) is 5.75 Å². The first-order valence-corrected chi connectivity index (χ1v) is 8.08. The van der Waals surface area contributed by atoms with E-state index in [0.29, 0.717) is 16.5 Å². The number of anilines is 1. The largest absolute Gasteiger partial charge is 0.482 e. The Morgan fingerprint density at radius 1 is 1.00 bits per heavy atom. The maximum Gasteiger partial charge on any atom is 0.344 e. The van der Waals surface area contributed by atoms with E-state index < -0.39 is 11.9 Å². The molecule has 0 saturated carbocycles. The second kappa shape index (κ2) is 8.73. The van der Waals surface area contributed by atoms with Crippen molar-refractivity contribution >= 4 is 51.8 Å². The molecule has 120 valence electrons. The minimum atomic E-state index is -0.627. The minimum absolute atomic E-state index is 0.279. The molecule has 1 amide bonds. The zero-order valence-electron chi connectivity index (χ0n) is 11.9. The Hall–Kier alpha value is -1.80. The molecule has 1 N–H and O–H groups in total. The van der Waals surface area contributed by atoms with Gasteiger partial charge in [0.05, 0.1) is 0 Å². The van der Waals surface area contributed by atoms with Gasteiger partial charge in [0.2, 0.25) is 0 Å². The van der Waals surface area contributed by atoms with Gasteiger partial charge in [0.25, 0.3) is 5.91 Å². The van der Waals surface area contributed by atoms with Gasteiger partial charge in [-0.3, -0.25) is 4.79 Å². The van der Waals surface area contributed by atoms with Crippen LogP contribution in [0.15, 0.2) is 48.5 Å². The third-order valence-electron chi connectivity index (χ3n) is 2.66. The van der Waals surface area contributed by atoms with E-state index in [0.717, 1.165) is 3.57 Å². The average molecular weight is 446 g/mol. The van der Waals surface area contributed by atoms with Crippen LogP contribution in [-0.4, -0.2) is 25.1 Å². The summed E-state index contributed by atoms with van der Waals surface area (Å²) in [4.78, 5) is 23.2. The van der Waals surface area contributed by atoms with E-state index in [4.69, 9.17) is 21.1 Å². The van der Waals surface area contributed by atoms with Crippen LogP contribution in [0.5, 0.6) is 5.75 Å². The number of carbonyl (C=O) groups excluding carboxylic acids is 2. The minimum Gasteiger partial charge on any atom is -0.482 e. The van der Waals surface area contributed by atoms with Crippen molar-refractivity contribution in [3.8, 4) is 5.75 Å². The van der Waals surface area contributed by atoms with Gasteiger partial charge in [-0.2, -0.15) is 0 Å². The van der Waals surface area contributed by atoms with Gasteiger partial charge in [-0.25, -0.2) is 4.79 Å². The second-order valence-electron chi connectivity index (χ2n) is 4.46. The van der Waals surface area contributed by atoms with E-state index in [2.05, 4.69) is 27.9 Å². The summed E-state index contributed by atoms with van der Waals surface area (Å²) in [6.45, 7) is -0.646. The number of rotatable bonds is 6. The van der Waals surface area contributed by atoms with Gasteiger partial charge in [-0.15, -0.1) is 0 Å². The number of ether oxygens (including phenoxy) is 2. The Bertz CT molecular complexity index is 673. The van der Waals surface area contributed by atoms with Gasteiger partial charge in [0, 0.05) is 14.3 Å². The normalized spacial score (nSPS) is 10.0. The van der Waals surface area contributed by atoms with Gasteiger partial charge in [0.15, 0.2) is 13.2 Å². The van der Waals surface area contributed by atoms with Crippen molar-refractivity contribution in [1.29, 1.82) is 0 Å². The summed E-state index contributed by atoms with van der Waals surface area (Å²) in [7, 11) is 0. The van der Waals surface area contributed by atoms with Crippen molar-refractivity contribution in [3.63, 3.8) is 0 Å². The Morgan fingerprint density at radius 3 is 2.30 bits per heavy atom. The summed E-state index contributed by atoms with van der Waals surface area (Å²) in [6.07, 6.45) is 0. The van der Waals surface area contributed by atoms with E-state index in [1.165, 1.54) is 0 Å². The van der Waals surface area contributed by atoms with E-state index in [1.807, 2.05) is 12.1 Å². The van der Waals surface area contributed by atoms with E-state index >= 15 is 0 Å². The van der Waals surface area contributed by atoms with Crippen molar-refractivity contribution in [2.45, 2.75) is 0 Å². The fraction of sp³-hybridized carbons (Fsp3) is 0.125. The van der Waals surface area contributed by atoms with Crippen LogP contribution in [0.4, 0.5) is 5.69 Å². The number of benzene rings is 2. The van der Waals surface area contributed by atoms with Crippen molar-refractivity contribution in [1.82, 2.24) is 0 Å². The molecule has 0 heterocycles. The summed E-state index contributed by atoms with van der Waals surface area (Å²) in [6, 6.07) is 13.8. The molecular weight excluding hydrogens is 433 g/mol. The smallest absolute Gasteiger partial charge is 0.344 e. The lowest BCUT2D eigenvalue weighted by Gasteiger charge is -2.08. The zero-order valence-corrected chi connectivity index (χ0v) is 14.8. The number of esters is 1. The highest BCUT2D eigenvalue weighted by Crippen LogP contribution is 2.15. The van der Waals surface area contributed by atoms with Crippen molar-refractivity contribution in [3.05, 3.63) is 57.1 Å². The lowest BCUT2D eigenvalue weighted by molar-refractivity contribution is -0.149. The van der Waals surface area contributed by atoms with Crippen LogP contribution in [-0.2, 0) is 14.3 Å². The topological polar surface area (TPSA) is 64.6 Å². The van der Waals surface area contributed by atoms with Crippen LogP contribution < -0.4 is 10.1 Å².